The average molecular weight is 201 g/mol. The molecule has 0 bridgehead atoms. The van der Waals surface area contributed by atoms with Gasteiger partial charge in [0.25, 0.3) is 0 Å². The summed E-state index contributed by atoms with van der Waals surface area (Å²) in [6.07, 6.45) is 1.29. The number of nitrogens with two attached hydrogens (primary N) is 1. The van der Waals surface area contributed by atoms with Crippen LogP contribution in [0.15, 0.2) is 12.2 Å². The van der Waals surface area contributed by atoms with Crippen molar-refractivity contribution in [2.24, 2.45) is 5.73 Å². The number of quaternary nitrogens is 1. The quantitative estimate of drug-likeness (QED) is 0.544. The third-order valence-electron chi connectivity index (χ3n) is 2.11. The molecule has 1 amide bonds. The number of nitrogens with zero attached hydrogens (tertiary/aromatic N) is 1. The number of carbonyl (C=O) groups excluding carboxylic acids is 1. The Labute approximate surface area is 88.2 Å². The molecule has 0 aliphatic heterocycles. The van der Waals surface area contributed by atoms with Crippen molar-refractivity contribution in [3.63, 3.8) is 0 Å². The number of rotatable bonds is 4. The summed E-state index contributed by atoms with van der Waals surface area (Å²) in [5.41, 5.74) is 5.09. The first-order chi connectivity index (χ1) is 6.26. The van der Waals surface area contributed by atoms with Gasteiger partial charge in [-0.3, -0.25) is 4.79 Å². The highest BCUT2D eigenvalue weighted by molar-refractivity contribution is 5.90. The molecule has 0 spiro atoms. The van der Waals surface area contributed by atoms with E-state index in [1.807, 2.05) is 0 Å². The lowest BCUT2D eigenvalue weighted by Crippen LogP contribution is -2.39. The molecule has 0 heterocycles. The SMILES string of the molecule is C=C(C)C(N)=O.CCC[N+](C)(C)CC. The molecule has 0 aromatic rings. The van der Waals surface area contributed by atoms with Gasteiger partial charge in [-0.15, -0.1) is 0 Å². The minimum Gasteiger partial charge on any atom is -0.366 e. The van der Waals surface area contributed by atoms with Crippen molar-refractivity contribution in [1.82, 2.24) is 0 Å². The van der Waals surface area contributed by atoms with Gasteiger partial charge in [-0.2, -0.15) is 0 Å². The molecule has 0 aromatic carbocycles. The standard InChI is InChI=1S/C7H18N.C4H7NO/c1-5-7-8(3,4)6-2;1-3(2)4(5)6/h5-7H2,1-4H3;1H2,2H3,(H2,5,6)/q+1;. The molecule has 84 valence electrons. The number of carbonyl (C=O) groups is 1. The van der Waals surface area contributed by atoms with E-state index in [9.17, 15) is 4.79 Å². The molecule has 0 unspecified atom stereocenters. The third-order valence-corrected chi connectivity index (χ3v) is 2.11. The second-order valence-corrected chi connectivity index (χ2v) is 4.12. The van der Waals surface area contributed by atoms with Crippen molar-refractivity contribution in [1.29, 1.82) is 0 Å². The molecular formula is C11H25N2O+. The smallest absolute Gasteiger partial charge is 0.243 e. The van der Waals surface area contributed by atoms with E-state index in [0.29, 0.717) is 5.57 Å². The Morgan fingerprint density at radius 2 is 1.71 bits per heavy atom. The second-order valence-electron chi connectivity index (χ2n) is 4.12. The van der Waals surface area contributed by atoms with Gasteiger partial charge in [0.2, 0.25) is 5.91 Å². The lowest BCUT2D eigenvalue weighted by Gasteiger charge is -2.27. The molecule has 3 heteroatoms. The highest BCUT2D eigenvalue weighted by Crippen LogP contribution is 1.95. The van der Waals surface area contributed by atoms with E-state index in [4.69, 9.17) is 5.73 Å². The van der Waals surface area contributed by atoms with Crippen molar-refractivity contribution in [3.8, 4) is 0 Å². The summed E-state index contributed by atoms with van der Waals surface area (Å²) >= 11 is 0. The molecule has 0 saturated carbocycles. The Bertz CT molecular complexity index is 174. The molecule has 0 atom stereocenters. The van der Waals surface area contributed by atoms with Gasteiger partial charge in [0, 0.05) is 5.57 Å². The van der Waals surface area contributed by atoms with Gasteiger partial charge in [-0.05, 0) is 20.3 Å². The Morgan fingerprint density at radius 1 is 1.36 bits per heavy atom. The molecule has 2 N–H and O–H groups in total. The molecule has 3 nitrogen and oxygen atoms in total. The normalized spacial score (nSPS) is 10.1. The molecule has 0 aliphatic carbocycles. The third kappa shape index (κ3) is 11.2. The topological polar surface area (TPSA) is 43.1 Å². The summed E-state index contributed by atoms with van der Waals surface area (Å²) in [4.78, 5) is 9.82. The van der Waals surface area contributed by atoms with E-state index in [1.165, 1.54) is 19.5 Å². The van der Waals surface area contributed by atoms with Crippen LogP contribution < -0.4 is 5.73 Å². The highest BCUT2D eigenvalue weighted by atomic mass is 16.1. The van der Waals surface area contributed by atoms with Crippen LogP contribution in [-0.4, -0.2) is 37.6 Å². The van der Waals surface area contributed by atoms with E-state index in [2.05, 4.69) is 34.5 Å². The van der Waals surface area contributed by atoms with E-state index >= 15 is 0 Å². The summed E-state index contributed by atoms with van der Waals surface area (Å²) in [5.74, 6) is -0.435. The molecular weight excluding hydrogens is 176 g/mol. The maximum absolute atomic E-state index is 9.82. The van der Waals surface area contributed by atoms with Crippen molar-refractivity contribution >= 4 is 5.91 Å². The Kier molecular flexibility index (Phi) is 8.44. The minimum atomic E-state index is -0.435. The van der Waals surface area contributed by atoms with E-state index in [0.717, 1.165) is 4.48 Å². The minimum absolute atomic E-state index is 0.398. The summed E-state index contributed by atoms with van der Waals surface area (Å²) in [6.45, 7) is 11.9. The average Bonchev–Trinajstić information content (AvgIpc) is 2.05. The van der Waals surface area contributed by atoms with Gasteiger partial charge < -0.3 is 10.2 Å². The second kappa shape index (κ2) is 7.56. The Morgan fingerprint density at radius 3 is 1.79 bits per heavy atom. The predicted octanol–water partition coefficient (Wildman–Crippen LogP) is 1.54. The van der Waals surface area contributed by atoms with Gasteiger partial charge in [0.05, 0.1) is 27.2 Å². The van der Waals surface area contributed by atoms with Crippen LogP contribution in [0.25, 0.3) is 0 Å². The maximum Gasteiger partial charge on any atom is 0.243 e. The summed E-state index contributed by atoms with van der Waals surface area (Å²) in [7, 11) is 4.53. The number of hydrogen-bond donors (Lipinski definition) is 1. The number of amides is 1. The van der Waals surface area contributed by atoms with Gasteiger partial charge in [0.1, 0.15) is 0 Å². The number of hydrogen-bond acceptors (Lipinski definition) is 1. The van der Waals surface area contributed by atoms with Gasteiger partial charge in [-0.25, -0.2) is 0 Å². The van der Waals surface area contributed by atoms with Crippen molar-refractivity contribution in [2.45, 2.75) is 27.2 Å². The summed E-state index contributed by atoms with van der Waals surface area (Å²) in [5, 5.41) is 0. The van der Waals surface area contributed by atoms with Crippen LogP contribution in [0.5, 0.6) is 0 Å². The fraction of sp³-hybridized carbons (Fsp3) is 0.727. The van der Waals surface area contributed by atoms with Gasteiger partial charge in [0.15, 0.2) is 0 Å². The Hall–Kier alpha value is -0.830. The molecule has 0 saturated heterocycles. The zero-order chi connectivity index (χ0) is 11.8. The molecule has 0 fully saturated rings. The van der Waals surface area contributed by atoms with Gasteiger partial charge in [-0.1, -0.05) is 13.5 Å². The summed E-state index contributed by atoms with van der Waals surface area (Å²) in [6, 6.07) is 0. The lowest BCUT2D eigenvalue weighted by molar-refractivity contribution is -0.888. The molecule has 0 aromatic heterocycles. The fourth-order valence-corrected chi connectivity index (χ4v) is 0.763. The van der Waals surface area contributed by atoms with Crippen LogP contribution in [0.3, 0.4) is 0 Å². The Balaban J connectivity index is 0. The van der Waals surface area contributed by atoms with Crippen LogP contribution >= 0.6 is 0 Å². The maximum atomic E-state index is 9.82. The van der Waals surface area contributed by atoms with E-state index in [1.54, 1.807) is 6.92 Å². The first-order valence-electron chi connectivity index (χ1n) is 5.04. The first kappa shape index (κ1) is 15.6. The van der Waals surface area contributed by atoms with E-state index in [-0.39, 0.29) is 0 Å². The molecule has 0 rings (SSSR count). The van der Waals surface area contributed by atoms with Gasteiger partial charge >= 0.3 is 0 Å². The van der Waals surface area contributed by atoms with Crippen molar-refractivity contribution in [2.75, 3.05) is 27.2 Å². The van der Waals surface area contributed by atoms with E-state index < -0.39 is 5.91 Å². The molecule has 0 aliphatic rings. The predicted molar refractivity (Wildman–Crippen MR) is 61.8 cm³/mol. The molecule has 14 heavy (non-hydrogen) atoms. The van der Waals surface area contributed by atoms with Crippen LogP contribution in [0, 0.1) is 0 Å². The first-order valence-corrected chi connectivity index (χ1v) is 5.04. The van der Waals surface area contributed by atoms with Crippen molar-refractivity contribution in [3.05, 3.63) is 12.2 Å². The van der Waals surface area contributed by atoms with Crippen molar-refractivity contribution < 1.29 is 9.28 Å². The number of primary amides is 1. The zero-order valence-electron chi connectivity index (χ0n) is 10.3. The summed E-state index contributed by atoms with van der Waals surface area (Å²) < 4.78 is 1.16. The zero-order valence-corrected chi connectivity index (χ0v) is 10.3. The largest absolute Gasteiger partial charge is 0.366 e. The molecule has 0 radical (unpaired) electrons. The fourth-order valence-electron chi connectivity index (χ4n) is 0.763. The lowest BCUT2D eigenvalue weighted by atomic mass is 10.3. The van der Waals surface area contributed by atoms with Crippen LogP contribution in [0.4, 0.5) is 0 Å². The highest BCUT2D eigenvalue weighted by Gasteiger charge is 2.07. The van der Waals surface area contributed by atoms with Crippen LogP contribution in [0.1, 0.15) is 27.2 Å². The monoisotopic (exact) mass is 201 g/mol. The van der Waals surface area contributed by atoms with Crippen LogP contribution in [0.2, 0.25) is 0 Å². The van der Waals surface area contributed by atoms with Crippen LogP contribution in [-0.2, 0) is 4.79 Å².